The number of benzene rings is 2. The second kappa shape index (κ2) is 6.83. The Morgan fingerprint density at radius 2 is 2.14 bits per heavy atom. The molecule has 0 radical (unpaired) electrons. The summed E-state index contributed by atoms with van der Waals surface area (Å²) in [5.41, 5.74) is 8.04. The minimum absolute atomic E-state index is 0.303. The number of para-hydroxylation sites is 1. The van der Waals surface area contributed by atoms with E-state index in [0.717, 1.165) is 10.2 Å². The highest BCUT2D eigenvalue weighted by Gasteiger charge is 2.15. The summed E-state index contributed by atoms with van der Waals surface area (Å²) < 4.78 is 5.83. The number of nitrogen functional groups attached to an aromatic ring is 1. The Bertz CT molecular complexity index is 677. The van der Waals surface area contributed by atoms with Gasteiger partial charge in [0.05, 0.1) is 28.6 Å². The second-order valence-corrected chi connectivity index (χ2v) is 5.51. The number of halogens is 2. The summed E-state index contributed by atoms with van der Waals surface area (Å²) in [6.07, 6.45) is 0. The lowest BCUT2D eigenvalue weighted by molar-refractivity contribution is 0.0527. The average Bonchev–Trinajstić information content (AvgIpc) is 2.45. The quantitative estimate of drug-likeness (QED) is 0.610. The number of ether oxygens (including phenoxy) is 1. The standard InChI is InChI=1S/C15H14BrClN2O2/c1-2-21-15(20)10-4-3-5-13(18)14(10)19-9-6-7-11(16)12(17)8-9/h3-8,19H,2,18H2,1H3. The predicted octanol–water partition coefficient (Wildman–Crippen LogP) is 4.61. The molecule has 0 heterocycles. The van der Waals surface area contributed by atoms with Gasteiger partial charge >= 0.3 is 5.97 Å². The lowest BCUT2D eigenvalue weighted by atomic mass is 10.1. The van der Waals surface area contributed by atoms with E-state index in [1.54, 1.807) is 31.2 Å². The molecule has 0 bridgehead atoms. The van der Waals surface area contributed by atoms with Crippen LogP contribution in [0.5, 0.6) is 0 Å². The van der Waals surface area contributed by atoms with Crippen LogP contribution in [0, 0.1) is 0 Å². The number of anilines is 3. The first kappa shape index (κ1) is 15.7. The van der Waals surface area contributed by atoms with Gasteiger partial charge in [0, 0.05) is 10.2 Å². The lowest BCUT2D eigenvalue weighted by Crippen LogP contribution is -2.09. The van der Waals surface area contributed by atoms with E-state index in [-0.39, 0.29) is 0 Å². The van der Waals surface area contributed by atoms with Crippen LogP contribution in [0.2, 0.25) is 5.02 Å². The summed E-state index contributed by atoms with van der Waals surface area (Å²) in [6.45, 7) is 2.06. The Labute approximate surface area is 136 Å². The number of nitrogens with one attached hydrogen (secondary N) is 1. The van der Waals surface area contributed by atoms with Gasteiger partial charge in [0.2, 0.25) is 0 Å². The molecule has 2 aromatic carbocycles. The molecule has 2 rings (SSSR count). The van der Waals surface area contributed by atoms with Gasteiger partial charge in [-0.3, -0.25) is 0 Å². The van der Waals surface area contributed by atoms with Gasteiger partial charge in [0.1, 0.15) is 0 Å². The van der Waals surface area contributed by atoms with E-state index in [2.05, 4.69) is 21.2 Å². The SMILES string of the molecule is CCOC(=O)c1cccc(N)c1Nc1ccc(Br)c(Cl)c1. The van der Waals surface area contributed by atoms with E-state index in [4.69, 9.17) is 22.1 Å². The third kappa shape index (κ3) is 3.68. The molecule has 0 aliphatic rings. The smallest absolute Gasteiger partial charge is 0.340 e. The molecular formula is C15H14BrClN2O2. The van der Waals surface area contributed by atoms with Gasteiger partial charge in [-0.05, 0) is 53.2 Å². The van der Waals surface area contributed by atoms with E-state index < -0.39 is 5.97 Å². The van der Waals surface area contributed by atoms with Crippen molar-refractivity contribution in [2.75, 3.05) is 17.7 Å². The minimum atomic E-state index is -0.421. The number of hydrogen-bond acceptors (Lipinski definition) is 4. The summed E-state index contributed by atoms with van der Waals surface area (Å²) in [7, 11) is 0. The fourth-order valence-electron chi connectivity index (χ4n) is 1.81. The highest BCUT2D eigenvalue weighted by Crippen LogP contribution is 2.31. The van der Waals surface area contributed by atoms with Crippen LogP contribution in [0.3, 0.4) is 0 Å². The van der Waals surface area contributed by atoms with Gasteiger partial charge in [-0.15, -0.1) is 0 Å². The molecule has 2 aromatic rings. The van der Waals surface area contributed by atoms with E-state index in [1.165, 1.54) is 0 Å². The van der Waals surface area contributed by atoms with Crippen LogP contribution in [-0.2, 0) is 4.74 Å². The molecule has 21 heavy (non-hydrogen) atoms. The molecule has 0 aliphatic heterocycles. The van der Waals surface area contributed by atoms with Gasteiger partial charge in [0.15, 0.2) is 0 Å². The first-order valence-corrected chi connectivity index (χ1v) is 7.47. The maximum absolute atomic E-state index is 12.0. The number of nitrogens with two attached hydrogens (primary N) is 1. The lowest BCUT2D eigenvalue weighted by Gasteiger charge is -2.14. The summed E-state index contributed by atoms with van der Waals surface area (Å²) in [5.74, 6) is -0.421. The molecule has 110 valence electrons. The van der Waals surface area contributed by atoms with Crippen molar-refractivity contribution in [3.8, 4) is 0 Å². The molecule has 0 atom stereocenters. The molecule has 0 spiro atoms. The number of esters is 1. The van der Waals surface area contributed by atoms with E-state index in [1.807, 2.05) is 12.1 Å². The molecule has 0 saturated carbocycles. The molecule has 0 aliphatic carbocycles. The average molecular weight is 370 g/mol. The Kier molecular flexibility index (Phi) is 5.09. The molecule has 0 aromatic heterocycles. The van der Waals surface area contributed by atoms with Crippen molar-refractivity contribution in [3.05, 3.63) is 51.5 Å². The van der Waals surface area contributed by atoms with Crippen LogP contribution in [0.1, 0.15) is 17.3 Å². The van der Waals surface area contributed by atoms with Crippen LogP contribution >= 0.6 is 27.5 Å². The molecule has 0 unspecified atom stereocenters. The normalized spacial score (nSPS) is 10.2. The van der Waals surface area contributed by atoms with Gasteiger partial charge < -0.3 is 15.8 Å². The molecule has 3 N–H and O–H groups in total. The number of hydrogen-bond donors (Lipinski definition) is 2. The largest absolute Gasteiger partial charge is 0.462 e. The number of rotatable bonds is 4. The van der Waals surface area contributed by atoms with Gasteiger partial charge in [-0.2, -0.15) is 0 Å². The van der Waals surface area contributed by atoms with Gasteiger partial charge in [-0.1, -0.05) is 17.7 Å². The summed E-state index contributed by atoms with van der Waals surface area (Å²) >= 11 is 9.39. The van der Waals surface area contributed by atoms with Crippen LogP contribution in [0.4, 0.5) is 17.1 Å². The molecule has 6 heteroatoms. The summed E-state index contributed by atoms with van der Waals surface area (Å²) in [4.78, 5) is 12.0. The van der Waals surface area contributed by atoms with Crippen molar-refractivity contribution >= 4 is 50.6 Å². The maximum Gasteiger partial charge on any atom is 0.340 e. The predicted molar refractivity (Wildman–Crippen MR) is 89.2 cm³/mol. The Balaban J connectivity index is 2.38. The highest BCUT2D eigenvalue weighted by molar-refractivity contribution is 9.10. The zero-order chi connectivity index (χ0) is 15.4. The van der Waals surface area contributed by atoms with Crippen molar-refractivity contribution in [3.63, 3.8) is 0 Å². The van der Waals surface area contributed by atoms with Crippen molar-refractivity contribution in [1.29, 1.82) is 0 Å². The molecule has 4 nitrogen and oxygen atoms in total. The number of carbonyl (C=O) groups excluding carboxylic acids is 1. The highest BCUT2D eigenvalue weighted by atomic mass is 79.9. The topological polar surface area (TPSA) is 64.3 Å². The summed E-state index contributed by atoms with van der Waals surface area (Å²) in [6, 6.07) is 10.5. The van der Waals surface area contributed by atoms with Crippen molar-refractivity contribution in [2.45, 2.75) is 6.92 Å². The Morgan fingerprint density at radius 1 is 1.38 bits per heavy atom. The summed E-state index contributed by atoms with van der Waals surface area (Å²) in [5, 5.41) is 3.68. The Morgan fingerprint density at radius 3 is 2.81 bits per heavy atom. The van der Waals surface area contributed by atoms with Crippen molar-refractivity contribution < 1.29 is 9.53 Å². The van der Waals surface area contributed by atoms with E-state index in [0.29, 0.717) is 28.6 Å². The molecule has 0 saturated heterocycles. The van der Waals surface area contributed by atoms with Crippen LogP contribution in [0.15, 0.2) is 40.9 Å². The Hall–Kier alpha value is -1.72. The first-order chi connectivity index (χ1) is 10.0. The van der Waals surface area contributed by atoms with Crippen LogP contribution in [-0.4, -0.2) is 12.6 Å². The van der Waals surface area contributed by atoms with Crippen LogP contribution in [0.25, 0.3) is 0 Å². The fraction of sp³-hybridized carbons (Fsp3) is 0.133. The zero-order valence-corrected chi connectivity index (χ0v) is 13.7. The third-order valence-corrected chi connectivity index (χ3v) is 4.01. The molecule has 0 fully saturated rings. The van der Waals surface area contributed by atoms with Gasteiger partial charge in [-0.25, -0.2) is 4.79 Å². The monoisotopic (exact) mass is 368 g/mol. The van der Waals surface area contributed by atoms with Crippen LogP contribution < -0.4 is 11.1 Å². The van der Waals surface area contributed by atoms with E-state index in [9.17, 15) is 4.79 Å². The molecule has 0 amide bonds. The maximum atomic E-state index is 12.0. The minimum Gasteiger partial charge on any atom is -0.462 e. The van der Waals surface area contributed by atoms with Crippen molar-refractivity contribution in [1.82, 2.24) is 0 Å². The van der Waals surface area contributed by atoms with Crippen molar-refractivity contribution in [2.24, 2.45) is 0 Å². The second-order valence-electron chi connectivity index (χ2n) is 4.24. The van der Waals surface area contributed by atoms with E-state index >= 15 is 0 Å². The zero-order valence-electron chi connectivity index (χ0n) is 11.3. The molecular weight excluding hydrogens is 356 g/mol. The van der Waals surface area contributed by atoms with Gasteiger partial charge in [0.25, 0.3) is 0 Å². The third-order valence-electron chi connectivity index (χ3n) is 2.78. The fourth-order valence-corrected chi connectivity index (χ4v) is 2.23. The number of carbonyl (C=O) groups is 1. The first-order valence-electron chi connectivity index (χ1n) is 6.30.